The summed E-state index contributed by atoms with van der Waals surface area (Å²) in [6.45, 7) is 7.18. The molecular weight excluding hydrogens is 302 g/mol. The van der Waals surface area contributed by atoms with Crippen LogP contribution < -0.4 is 0 Å². The van der Waals surface area contributed by atoms with E-state index in [4.69, 9.17) is 4.42 Å². The molecule has 0 spiro atoms. The molecule has 0 bridgehead atoms. The number of aromatic nitrogens is 4. The lowest BCUT2D eigenvalue weighted by Crippen LogP contribution is -2.30. The SMILES string of the molecule is CC(C)c1n[nH]c2c1CN(Cc1cnc(-c3ccco3)nc1)CC2. The van der Waals surface area contributed by atoms with E-state index in [2.05, 4.69) is 38.9 Å². The topological polar surface area (TPSA) is 70.8 Å². The summed E-state index contributed by atoms with van der Waals surface area (Å²) in [6.07, 6.45) is 6.42. The Morgan fingerprint density at radius 1 is 1.29 bits per heavy atom. The van der Waals surface area contributed by atoms with Crippen molar-refractivity contribution < 1.29 is 4.42 Å². The lowest BCUT2D eigenvalue weighted by atomic mass is 9.99. The van der Waals surface area contributed by atoms with Gasteiger partial charge >= 0.3 is 0 Å². The zero-order valence-electron chi connectivity index (χ0n) is 14.0. The van der Waals surface area contributed by atoms with E-state index in [0.717, 1.165) is 31.6 Å². The van der Waals surface area contributed by atoms with Gasteiger partial charge in [-0.05, 0) is 18.1 Å². The van der Waals surface area contributed by atoms with Gasteiger partial charge in [0.15, 0.2) is 11.6 Å². The number of aromatic amines is 1. The van der Waals surface area contributed by atoms with Gasteiger partial charge in [0.05, 0.1) is 12.0 Å². The van der Waals surface area contributed by atoms with Crippen LogP contribution in [0.5, 0.6) is 0 Å². The first-order chi connectivity index (χ1) is 11.7. The van der Waals surface area contributed by atoms with Crippen LogP contribution in [0.25, 0.3) is 11.6 Å². The Morgan fingerprint density at radius 2 is 2.12 bits per heavy atom. The van der Waals surface area contributed by atoms with Crippen molar-refractivity contribution in [1.82, 2.24) is 25.1 Å². The second-order valence-electron chi connectivity index (χ2n) is 6.57. The molecule has 0 aromatic carbocycles. The molecule has 0 saturated heterocycles. The number of nitrogens with one attached hydrogen (secondary N) is 1. The number of hydrogen-bond donors (Lipinski definition) is 1. The maximum atomic E-state index is 5.33. The van der Waals surface area contributed by atoms with Gasteiger partial charge in [-0.25, -0.2) is 9.97 Å². The number of furan rings is 1. The van der Waals surface area contributed by atoms with Crippen molar-refractivity contribution in [2.45, 2.75) is 39.3 Å². The monoisotopic (exact) mass is 323 g/mol. The third-order valence-corrected chi connectivity index (χ3v) is 4.44. The minimum Gasteiger partial charge on any atom is -0.461 e. The van der Waals surface area contributed by atoms with Crippen molar-refractivity contribution in [1.29, 1.82) is 0 Å². The Hall–Kier alpha value is -2.47. The van der Waals surface area contributed by atoms with E-state index in [9.17, 15) is 0 Å². The molecule has 0 unspecified atom stereocenters. The lowest BCUT2D eigenvalue weighted by molar-refractivity contribution is 0.243. The van der Waals surface area contributed by atoms with Gasteiger partial charge in [0.1, 0.15) is 0 Å². The van der Waals surface area contributed by atoms with E-state index in [1.54, 1.807) is 6.26 Å². The van der Waals surface area contributed by atoms with Crippen LogP contribution in [0.4, 0.5) is 0 Å². The average Bonchev–Trinajstić information content (AvgIpc) is 3.25. The third kappa shape index (κ3) is 2.85. The first-order valence-electron chi connectivity index (χ1n) is 8.34. The first kappa shape index (κ1) is 15.1. The average molecular weight is 323 g/mol. The predicted molar refractivity (Wildman–Crippen MR) is 90.2 cm³/mol. The molecule has 1 aliphatic rings. The molecule has 0 radical (unpaired) electrons. The van der Waals surface area contributed by atoms with E-state index in [-0.39, 0.29) is 0 Å². The second kappa shape index (κ2) is 6.20. The fraction of sp³-hybridized carbons (Fsp3) is 0.389. The van der Waals surface area contributed by atoms with Gasteiger partial charge in [-0.2, -0.15) is 5.10 Å². The number of fused-ring (bicyclic) bond motifs is 1. The zero-order valence-corrected chi connectivity index (χ0v) is 14.0. The number of nitrogens with zero attached hydrogens (tertiary/aromatic N) is 4. The van der Waals surface area contributed by atoms with Crippen LogP contribution in [-0.2, 0) is 19.5 Å². The molecule has 4 heterocycles. The van der Waals surface area contributed by atoms with Gasteiger partial charge in [0, 0.05) is 55.3 Å². The van der Waals surface area contributed by atoms with Crippen molar-refractivity contribution in [2.75, 3.05) is 6.54 Å². The van der Waals surface area contributed by atoms with E-state index >= 15 is 0 Å². The van der Waals surface area contributed by atoms with Crippen LogP contribution in [0.15, 0.2) is 35.2 Å². The molecule has 0 atom stereocenters. The third-order valence-electron chi connectivity index (χ3n) is 4.44. The summed E-state index contributed by atoms with van der Waals surface area (Å²) in [7, 11) is 0. The molecule has 3 aromatic rings. The Morgan fingerprint density at radius 3 is 2.83 bits per heavy atom. The number of rotatable bonds is 4. The van der Waals surface area contributed by atoms with Crippen LogP contribution in [0, 0.1) is 0 Å². The fourth-order valence-electron chi connectivity index (χ4n) is 3.21. The van der Waals surface area contributed by atoms with Gasteiger partial charge in [0.2, 0.25) is 0 Å². The van der Waals surface area contributed by atoms with Crippen molar-refractivity contribution >= 4 is 0 Å². The second-order valence-corrected chi connectivity index (χ2v) is 6.57. The standard InChI is InChI=1S/C18H21N5O/c1-12(2)17-14-11-23(6-5-15(14)21-22-17)10-13-8-19-18(20-9-13)16-4-3-7-24-16/h3-4,7-9,12H,5-6,10-11H2,1-2H3,(H,21,22). The van der Waals surface area contributed by atoms with Gasteiger partial charge in [-0.15, -0.1) is 0 Å². The van der Waals surface area contributed by atoms with Gasteiger partial charge in [-0.1, -0.05) is 13.8 Å². The molecule has 4 rings (SSSR count). The normalized spacial score (nSPS) is 15.0. The molecule has 6 nitrogen and oxygen atoms in total. The van der Waals surface area contributed by atoms with Crippen molar-refractivity contribution in [3.05, 3.63) is 53.3 Å². The van der Waals surface area contributed by atoms with Crippen LogP contribution in [0.2, 0.25) is 0 Å². The molecule has 124 valence electrons. The summed E-state index contributed by atoms with van der Waals surface area (Å²) in [6, 6.07) is 3.71. The Kier molecular flexibility index (Phi) is 3.90. The highest BCUT2D eigenvalue weighted by Crippen LogP contribution is 2.26. The maximum Gasteiger partial charge on any atom is 0.195 e. The molecule has 0 fully saturated rings. The quantitative estimate of drug-likeness (QED) is 0.798. The summed E-state index contributed by atoms with van der Waals surface area (Å²) in [5.41, 5.74) is 4.96. The van der Waals surface area contributed by atoms with Crippen LogP contribution in [0.3, 0.4) is 0 Å². The highest BCUT2D eigenvalue weighted by atomic mass is 16.3. The number of hydrogen-bond acceptors (Lipinski definition) is 5. The minimum absolute atomic E-state index is 0.445. The molecular formula is C18H21N5O. The molecule has 3 aromatic heterocycles. The molecule has 1 N–H and O–H groups in total. The summed E-state index contributed by atoms with van der Waals surface area (Å²) < 4.78 is 5.33. The molecule has 24 heavy (non-hydrogen) atoms. The smallest absolute Gasteiger partial charge is 0.195 e. The van der Waals surface area contributed by atoms with Gasteiger partial charge in [-0.3, -0.25) is 10.00 Å². The lowest BCUT2D eigenvalue weighted by Gasteiger charge is -2.27. The Labute approximate surface area is 140 Å². The van der Waals surface area contributed by atoms with E-state index in [0.29, 0.717) is 17.5 Å². The van der Waals surface area contributed by atoms with Crippen LogP contribution >= 0.6 is 0 Å². The molecule has 0 aliphatic carbocycles. The largest absolute Gasteiger partial charge is 0.461 e. The minimum atomic E-state index is 0.445. The Bertz CT molecular complexity index is 805. The van der Waals surface area contributed by atoms with Gasteiger partial charge < -0.3 is 4.42 Å². The van der Waals surface area contributed by atoms with Crippen LogP contribution in [-0.4, -0.2) is 31.6 Å². The van der Waals surface area contributed by atoms with E-state index in [1.165, 1.54) is 17.0 Å². The van der Waals surface area contributed by atoms with Crippen molar-refractivity contribution in [3.8, 4) is 11.6 Å². The summed E-state index contributed by atoms with van der Waals surface area (Å²) in [5, 5.41) is 7.70. The van der Waals surface area contributed by atoms with E-state index in [1.807, 2.05) is 24.5 Å². The van der Waals surface area contributed by atoms with Crippen LogP contribution in [0.1, 0.15) is 42.3 Å². The molecule has 0 amide bonds. The zero-order chi connectivity index (χ0) is 16.5. The van der Waals surface area contributed by atoms with Gasteiger partial charge in [0.25, 0.3) is 0 Å². The fourth-order valence-corrected chi connectivity index (χ4v) is 3.21. The number of H-pyrrole nitrogens is 1. The van der Waals surface area contributed by atoms with E-state index < -0.39 is 0 Å². The summed E-state index contributed by atoms with van der Waals surface area (Å²) in [5.74, 6) is 1.77. The first-order valence-corrected chi connectivity index (χ1v) is 8.34. The molecule has 6 heteroatoms. The molecule has 0 saturated carbocycles. The summed E-state index contributed by atoms with van der Waals surface area (Å²) >= 11 is 0. The molecule has 1 aliphatic heterocycles. The highest BCUT2D eigenvalue weighted by Gasteiger charge is 2.23. The Balaban J connectivity index is 1.47. The van der Waals surface area contributed by atoms with Crippen molar-refractivity contribution in [3.63, 3.8) is 0 Å². The predicted octanol–water partition coefficient (Wildman–Crippen LogP) is 3.14. The summed E-state index contributed by atoms with van der Waals surface area (Å²) in [4.78, 5) is 11.3. The van der Waals surface area contributed by atoms with Crippen molar-refractivity contribution in [2.24, 2.45) is 0 Å². The highest BCUT2D eigenvalue weighted by molar-refractivity contribution is 5.45. The maximum absolute atomic E-state index is 5.33.